The number of amides is 1. The van der Waals surface area contributed by atoms with Crippen LogP contribution in [0, 0.1) is 0 Å². The first kappa shape index (κ1) is 15.5. The third-order valence-corrected chi connectivity index (χ3v) is 2.80. The summed E-state index contributed by atoms with van der Waals surface area (Å²) in [6, 6.07) is 9.36. The van der Waals surface area contributed by atoms with E-state index in [9.17, 15) is 9.90 Å². The Kier molecular flexibility index (Phi) is 6.32. The Morgan fingerprint density at radius 2 is 2.00 bits per heavy atom. The number of ether oxygens (including phenoxy) is 1. The van der Waals surface area contributed by atoms with Gasteiger partial charge in [-0.25, -0.2) is 4.79 Å². The van der Waals surface area contributed by atoms with Gasteiger partial charge in [-0.1, -0.05) is 30.3 Å². The minimum absolute atomic E-state index is 0.378. The number of methoxy groups -OCH3 is 1. The van der Waals surface area contributed by atoms with E-state index in [0.29, 0.717) is 13.0 Å². The molecule has 0 heterocycles. The summed E-state index contributed by atoms with van der Waals surface area (Å²) in [4.78, 5) is 13.2. The Labute approximate surface area is 114 Å². The van der Waals surface area contributed by atoms with Crippen LogP contribution in [0.3, 0.4) is 0 Å². The van der Waals surface area contributed by atoms with Crippen molar-refractivity contribution in [1.29, 1.82) is 0 Å². The lowest BCUT2D eigenvalue weighted by Crippen LogP contribution is -2.48. The van der Waals surface area contributed by atoms with Crippen molar-refractivity contribution in [2.75, 3.05) is 27.7 Å². The van der Waals surface area contributed by atoms with E-state index in [-0.39, 0.29) is 6.04 Å². The second-order valence-electron chi connectivity index (χ2n) is 4.76. The Bertz CT molecular complexity index is 382. The molecule has 106 valence electrons. The molecule has 0 radical (unpaired) electrons. The van der Waals surface area contributed by atoms with Crippen LogP contribution in [0.25, 0.3) is 0 Å². The maximum Gasteiger partial charge on any atom is 0.407 e. The third-order valence-electron chi connectivity index (χ3n) is 2.80. The van der Waals surface area contributed by atoms with Crippen LogP contribution in [0.4, 0.5) is 4.79 Å². The molecule has 2 atom stereocenters. The SMILES string of the molecule is COC(=O)NC(Cc1ccccc1)C(O)CN(C)C. The molecule has 0 aromatic heterocycles. The molecule has 0 aliphatic heterocycles. The number of benzene rings is 1. The van der Waals surface area contributed by atoms with Gasteiger partial charge in [0.2, 0.25) is 0 Å². The predicted octanol–water partition coefficient (Wildman–Crippen LogP) is 0.876. The van der Waals surface area contributed by atoms with Gasteiger partial charge in [0.1, 0.15) is 0 Å². The van der Waals surface area contributed by atoms with E-state index < -0.39 is 12.2 Å². The largest absolute Gasteiger partial charge is 0.453 e. The Morgan fingerprint density at radius 3 is 2.53 bits per heavy atom. The van der Waals surface area contributed by atoms with Crippen LogP contribution in [0.15, 0.2) is 30.3 Å². The van der Waals surface area contributed by atoms with Crippen LogP contribution in [-0.2, 0) is 11.2 Å². The Balaban J connectivity index is 2.71. The van der Waals surface area contributed by atoms with Crippen molar-refractivity contribution in [1.82, 2.24) is 10.2 Å². The van der Waals surface area contributed by atoms with Gasteiger partial charge in [-0.05, 0) is 26.1 Å². The van der Waals surface area contributed by atoms with Crippen molar-refractivity contribution >= 4 is 6.09 Å². The van der Waals surface area contributed by atoms with Crippen molar-refractivity contribution < 1.29 is 14.6 Å². The summed E-state index contributed by atoms with van der Waals surface area (Å²) in [7, 11) is 5.06. The van der Waals surface area contributed by atoms with Gasteiger partial charge in [-0.3, -0.25) is 0 Å². The first-order chi connectivity index (χ1) is 9.02. The third kappa shape index (κ3) is 5.72. The minimum atomic E-state index is -0.658. The highest BCUT2D eigenvalue weighted by atomic mass is 16.5. The molecule has 0 spiro atoms. The van der Waals surface area contributed by atoms with Crippen molar-refractivity contribution in [2.24, 2.45) is 0 Å². The van der Waals surface area contributed by atoms with E-state index in [0.717, 1.165) is 5.56 Å². The molecule has 0 aliphatic rings. The second-order valence-corrected chi connectivity index (χ2v) is 4.76. The molecule has 19 heavy (non-hydrogen) atoms. The lowest BCUT2D eigenvalue weighted by molar-refractivity contribution is 0.0904. The van der Waals surface area contributed by atoms with Crippen LogP contribution in [0.1, 0.15) is 5.56 Å². The standard InChI is InChI=1S/C14H22N2O3/c1-16(2)10-13(17)12(15-14(18)19-3)9-11-7-5-4-6-8-11/h4-8,12-13,17H,9-10H2,1-3H3,(H,15,18). The van der Waals surface area contributed by atoms with Gasteiger partial charge < -0.3 is 20.1 Å². The lowest BCUT2D eigenvalue weighted by Gasteiger charge is -2.26. The highest BCUT2D eigenvalue weighted by molar-refractivity contribution is 5.67. The average molecular weight is 266 g/mol. The molecule has 1 rings (SSSR count). The maximum atomic E-state index is 11.3. The monoisotopic (exact) mass is 266 g/mol. The number of rotatable bonds is 6. The average Bonchev–Trinajstić information content (AvgIpc) is 2.38. The van der Waals surface area contributed by atoms with Crippen molar-refractivity contribution in [2.45, 2.75) is 18.6 Å². The van der Waals surface area contributed by atoms with Gasteiger partial charge >= 0.3 is 6.09 Å². The summed E-state index contributed by atoms with van der Waals surface area (Å²) in [5.74, 6) is 0. The number of carbonyl (C=O) groups is 1. The fraction of sp³-hybridized carbons (Fsp3) is 0.500. The number of aliphatic hydroxyl groups excluding tert-OH is 1. The van der Waals surface area contributed by atoms with Gasteiger partial charge in [0.05, 0.1) is 19.3 Å². The Hall–Kier alpha value is -1.59. The highest BCUT2D eigenvalue weighted by Gasteiger charge is 2.22. The quantitative estimate of drug-likeness (QED) is 0.802. The number of aliphatic hydroxyl groups is 1. The first-order valence-electron chi connectivity index (χ1n) is 6.24. The second kappa shape index (κ2) is 7.76. The molecule has 0 bridgehead atoms. The molecule has 0 fully saturated rings. The zero-order chi connectivity index (χ0) is 14.3. The van der Waals surface area contributed by atoms with Crippen LogP contribution in [0.5, 0.6) is 0 Å². The van der Waals surface area contributed by atoms with E-state index in [1.807, 2.05) is 49.3 Å². The summed E-state index contributed by atoms with van der Waals surface area (Å²) < 4.78 is 4.60. The topological polar surface area (TPSA) is 61.8 Å². The highest BCUT2D eigenvalue weighted by Crippen LogP contribution is 2.07. The van der Waals surface area contributed by atoms with Crippen molar-refractivity contribution in [3.8, 4) is 0 Å². The van der Waals surface area contributed by atoms with Crippen LogP contribution in [-0.4, -0.2) is 56.0 Å². The molecular formula is C14H22N2O3. The van der Waals surface area contributed by atoms with E-state index in [2.05, 4.69) is 10.1 Å². The smallest absolute Gasteiger partial charge is 0.407 e. The number of hydrogen-bond acceptors (Lipinski definition) is 4. The molecule has 1 aromatic carbocycles. The normalized spacial score (nSPS) is 13.9. The summed E-state index contributed by atoms with van der Waals surface area (Å²) in [5, 5.41) is 12.9. The number of nitrogens with zero attached hydrogens (tertiary/aromatic N) is 1. The molecule has 0 saturated heterocycles. The first-order valence-corrected chi connectivity index (χ1v) is 6.24. The molecular weight excluding hydrogens is 244 g/mol. The van der Waals surface area contributed by atoms with Crippen molar-refractivity contribution in [3.05, 3.63) is 35.9 Å². The fourth-order valence-corrected chi connectivity index (χ4v) is 1.86. The number of nitrogens with one attached hydrogen (secondary N) is 1. The molecule has 2 N–H and O–H groups in total. The Morgan fingerprint density at radius 1 is 1.37 bits per heavy atom. The van der Waals surface area contributed by atoms with Crippen molar-refractivity contribution in [3.63, 3.8) is 0 Å². The molecule has 1 aromatic rings. The van der Waals surface area contributed by atoms with Crippen LogP contribution < -0.4 is 5.32 Å². The van der Waals surface area contributed by atoms with Crippen LogP contribution in [0.2, 0.25) is 0 Å². The number of hydrogen-bond donors (Lipinski definition) is 2. The zero-order valence-corrected chi connectivity index (χ0v) is 11.7. The summed E-state index contributed by atoms with van der Waals surface area (Å²) in [6.45, 7) is 0.474. The molecule has 1 amide bonds. The summed E-state index contributed by atoms with van der Waals surface area (Å²) >= 11 is 0. The van der Waals surface area contributed by atoms with Gasteiger partial charge in [-0.15, -0.1) is 0 Å². The predicted molar refractivity (Wildman–Crippen MR) is 74.0 cm³/mol. The minimum Gasteiger partial charge on any atom is -0.453 e. The molecule has 0 aliphatic carbocycles. The van der Waals surface area contributed by atoms with E-state index in [1.54, 1.807) is 0 Å². The number of alkyl carbamates (subject to hydrolysis) is 1. The molecule has 5 heteroatoms. The summed E-state index contributed by atoms with van der Waals surface area (Å²) in [5.41, 5.74) is 1.06. The van der Waals surface area contributed by atoms with Gasteiger partial charge in [0.15, 0.2) is 0 Å². The van der Waals surface area contributed by atoms with E-state index in [4.69, 9.17) is 0 Å². The molecule has 5 nitrogen and oxygen atoms in total. The van der Waals surface area contributed by atoms with E-state index >= 15 is 0 Å². The number of carbonyl (C=O) groups excluding carboxylic acids is 1. The fourth-order valence-electron chi connectivity index (χ4n) is 1.86. The van der Waals surface area contributed by atoms with Gasteiger partial charge in [0, 0.05) is 6.54 Å². The zero-order valence-electron chi connectivity index (χ0n) is 11.7. The van der Waals surface area contributed by atoms with E-state index in [1.165, 1.54) is 7.11 Å². The maximum absolute atomic E-state index is 11.3. The van der Waals surface area contributed by atoms with Gasteiger partial charge in [-0.2, -0.15) is 0 Å². The summed E-state index contributed by atoms with van der Waals surface area (Å²) in [6.07, 6.45) is -0.627. The molecule has 0 saturated carbocycles. The molecule has 2 unspecified atom stereocenters. The lowest BCUT2D eigenvalue weighted by atomic mass is 10.0. The van der Waals surface area contributed by atoms with Gasteiger partial charge in [0.25, 0.3) is 0 Å². The number of likely N-dealkylation sites (N-methyl/N-ethyl adjacent to an activating group) is 1. The van der Waals surface area contributed by atoms with Crippen LogP contribution >= 0.6 is 0 Å².